The third-order valence-electron chi connectivity index (χ3n) is 2.78. The highest BCUT2D eigenvalue weighted by Crippen LogP contribution is 2.23. The number of anilines is 1. The van der Waals surface area contributed by atoms with Crippen LogP contribution in [-0.2, 0) is 6.54 Å². The first kappa shape index (κ1) is 13.8. The summed E-state index contributed by atoms with van der Waals surface area (Å²) in [6.45, 7) is 9.73. The number of hydrogen-bond donors (Lipinski definition) is 1. The quantitative estimate of drug-likeness (QED) is 0.772. The monoisotopic (exact) mass is 236 g/mol. The van der Waals surface area contributed by atoms with Crippen LogP contribution in [0.4, 0.5) is 5.69 Å². The molecule has 0 unspecified atom stereocenters. The maximum atomic E-state index is 5.75. The van der Waals surface area contributed by atoms with Crippen LogP contribution in [0.2, 0.25) is 0 Å². The van der Waals surface area contributed by atoms with Crippen LogP contribution in [0.25, 0.3) is 0 Å². The summed E-state index contributed by atoms with van der Waals surface area (Å²) in [7, 11) is 1.69. The van der Waals surface area contributed by atoms with Crippen molar-refractivity contribution < 1.29 is 4.74 Å². The second kappa shape index (κ2) is 6.50. The van der Waals surface area contributed by atoms with Gasteiger partial charge in [0.05, 0.1) is 7.11 Å². The largest absolute Gasteiger partial charge is 0.496 e. The molecular weight excluding hydrogens is 212 g/mol. The Labute approximate surface area is 105 Å². The fourth-order valence-electron chi connectivity index (χ4n) is 1.95. The summed E-state index contributed by atoms with van der Waals surface area (Å²) in [5, 5.41) is 0. The maximum Gasteiger partial charge on any atom is 0.125 e. The third kappa shape index (κ3) is 4.27. The molecule has 0 aliphatic rings. The number of nitrogens with zero attached hydrogens (tertiary/aromatic N) is 1. The zero-order valence-corrected chi connectivity index (χ0v) is 11.4. The Bertz CT molecular complexity index is 350. The first-order valence-corrected chi connectivity index (χ1v) is 6.21. The Balaban J connectivity index is 2.78. The van der Waals surface area contributed by atoms with Crippen molar-refractivity contribution >= 4 is 5.69 Å². The summed E-state index contributed by atoms with van der Waals surface area (Å²) in [6.07, 6.45) is 0. The minimum Gasteiger partial charge on any atom is -0.496 e. The highest BCUT2D eigenvalue weighted by Gasteiger charge is 2.10. The minimum atomic E-state index is 0.676. The van der Waals surface area contributed by atoms with E-state index in [2.05, 4.69) is 31.7 Å². The molecule has 0 saturated carbocycles. The summed E-state index contributed by atoms with van der Waals surface area (Å²) < 4.78 is 5.37. The molecule has 1 aromatic rings. The maximum absolute atomic E-state index is 5.75. The predicted octanol–water partition coefficient (Wildman–Crippen LogP) is 2.76. The molecule has 0 spiro atoms. The molecule has 3 nitrogen and oxygen atoms in total. The van der Waals surface area contributed by atoms with E-state index in [0.29, 0.717) is 5.92 Å². The van der Waals surface area contributed by atoms with Gasteiger partial charge in [0, 0.05) is 30.4 Å². The van der Waals surface area contributed by atoms with E-state index in [1.165, 1.54) is 5.56 Å². The van der Waals surface area contributed by atoms with Crippen molar-refractivity contribution in [1.29, 1.82) is 0 Å². The third-order valence-corrected chi connectivity index (χ3v) is 2.78. The average Bonchev–Trinajstić information content (AvgIpc) is 2.29. The van der Waals surface area contributed by atoms with Crippen molar-refractivity contribution in [3.8, 4) is 5.75 Å². The van der Waals surface area contributed by atoms with Crippen molar-refractivity contribution in [3.05, 3.63) is 23.8 Å². The number of nitrogens with two attached hydrogens (primary N) is 1. The highest BCUT2D eigenvalue weighted by atomic mass is 16.5. The van der Waals surface area contributed by atoms with Gasteiger partial charge in [0.2, 0.25) is 0 Å². The van der Waals surface area contributed by atoms with Crippen LogP contribution in [0.3, 0.4) is 0 Å². The van der Waals surface area contributed by atoms with Gasteiger partial charge in [-0.1, -0.05) is 26.8 Å². The van der Waals surface area contributed by atoms with Crippen molar-refractivity contribution in [1.82, 2.24) is 4.90 Å². The molecule has 17 heavy (non-hydrogen) atoms. The van der Waals surface area contributed by atoms with Crippen LogP contribution in [0.15, 0.2) is 18.2 Å². The van der Waals surface area contributed by atoms with Crippen LogP contribution >= 0.6 is 0 Å². The summed E-state index contributed by atoms with van der Waals surface area (Å²) in [5.41, 5.74) is 7.70. The van der Waals surface area contributed by atoms with Crippen molar-refractivity contribution in [2.24, 2.45) is 5.92 Å². The molecule has 0 fully saturated rings. The Hall–Kier alpha value is -1.22. The van der Waals surface area contributed by atoms with Crippen LogP contribution < -0.4 is 10.5 Å². The summed E-state index contributed by atoms with van der Waals surface area (Å²) in [4.78, 5) is 2.42. The summed E-state index contributed by atoms with van der Waals surface area (Å²) in [5.74, 6) is 1.56. The molecular formula is C14H24N2O. The first-order chi connectivity index (χ1) is 8.06. The molecule has 0 bridgehead atoms. The molecule has 0 saturated heterocycles. The number of methoxy groups -OCH3 is 1. The smallest absolute Gasteiger partial charge is 0.125 e. The summed E-state index contributed by atoms with van der Waals surface area (Å²) >= 11 is 0. The van der Waals surface area contributed by atoms with Crippen LogP contribution in [0.5, 0.6) is 5.75 Å². The molecule has 0 atom stereocenters. The SMILES string of the molecule is CCN(Cc1ccc(N)cc1OC)CC(C)C. The highest BCUT2D eigenvalue weighted by molar-refractivity contribution is 5.48. The second-order valence-electron chi connectivity index (χ2n) is 4.79. The zero-order valence-electron chi connectivity index (χ0n) is 11.4. The van der Waals surface area contributed by atoms with Crippen molar-refractivity contribution in [3.63, 3.8) is 0 Å². The Morgan fingerprint density at radius 2 is 2.06 bits per heavy atom. The number of ether oxygens (including phenoxy) is 1. The molecule has 0 aromatic heterocycles. The van der Waals surface area contributed by atoms with Crippen LogP contribution in [0.1, 0.15) is 26.3 Å². The number of rotatable bonds is 6. The first-order valence-electron chi connectivity index (χ1n) is 6.21. The molecule has 0 aliphatic carbocycles. The number of benzene rings is 1. The lowest BCUT2D eigenvalue weighted by Gasteiger charge is -2.23. The van der Waals surface area contributed by atoms with E-state index >= 15 is 0 Å². The van der Waals surface area contributed by atoms with E-state index in [-0.39, 0.29) is 0 Å². The Kier molecular flexibility index (Phi) is 5.29. The molecule has 1 rings (SSSR count). The number of hydrogen-bond acceptors (Lipinski definition) is 3. The second-order valence-corrected chi connectivity index (χ2v) is 4.79. The topological polar surface area (TPSA) is 38.5 Å². The van der Waals surface area contributed by atoms with Crippen LogP contribution in [-0.4, -0.2) is 25.1 Å². The summed E-state index contributed by atoms with van der Waals surface area (Å²) in [6, 6.07) is 5.87. The molecule has 3 heteroatoms. The van der Waals surface area contributed by atoms with E-state index in [4.69, 9.17) is 10.5 Å². The van der Waals surface area contributed by atoms with Gasteiger partial charge in [-0.3, -0.25) is 4.90 Å². The molecule has 2 N–H and O–H groups in total. The average molecular weight is 236 g/mol. The predicted molar refractivity (Wildman–Crippen MR) is 73.2 cm³/mol. The van der Waals surface area contributed by atoms with Gasteiger partial charge in [0.25, 0.3) is 0 Å². The standard InChI is InChI=1S/C14H24N2O/c1-5-16(9-11(2)3)10-12-6-7-13(15)8-14(12)17-4/h6-8,11H,5,9-10,15H2,1-4H3. The van der Waals surface area contributed by atoms with E-state index in [0.717, 1.165) is 31.1 Å². The minimum absolute atomic E-state index is 0.676. The van der Waals surface area contributed by atoms with Gasteiger partial charge < -0.3 is 10.5 Å². The van der Waals surface area contributed by atoms with Crippen molar-refractivity contribution in [2.75, 3.05) is 25.9 Å². The van der Waals surface area contributed by atoms with Gasteiger partial charge in [-0.2, -0.15) is 0 Å². The molecule has 0 aliphatic heterocycles. The van der Waals surface area contributed by atoms with E-state index < -0.39 is 0 Å². The lowest BCUT2D eigenvalue weighted by molar-refractivity contribution is 0.245. The normalized spacial score (nSPS) is 11.2. The molecule has 96 valence electrons. The number of nitrogen functional groups attached to an aromatic ring is 1. The van der Waals surface area contributed by atoms with Gasteiger partial charge in [0.15, 0.2) is 0 Å². The molecule has 1 aromatic carbocycles. The van der Waals surface area contributed by atoms with Gasteiger partial charge >= 0.3 is 0 Å². The Morgan fingerprint density at radius 1 is 1.35 bits per heavy atom. The van der Waals surface area contributed by atoms with Gasteiger partial charge in [0.1, 0.15) is 5.75 Å². The fraction of sp³-hybridized carbons (Fsp3) is 0.571. The molecule has 0 radical (unpaired) electrons. The lowest BCUT2D eigenvalue weighted by atomic mass is 10.1. The fourth-order valence-corrected chi connectivity index (χ4v) is 1.95. The van der Waals surface area contributed by atoms with Gasteiger partial charge in [-0.25, -0.2) is 0 Å². The van der Waals surface area contributed by atoms with Gasteiger partial charge in [-0.15, -0.1) is 0 Å². The zero-order chi connectivity index (χ0) is 12.8. The van der Waals surface area contributed by atoms with E-state index in [1.807, 2.05) is 12.1 Å². The Morgan fingerprint density at radius 3 is 2.59 bits per heavy atom. The van der Waals surface area contributed by atoms with E-state index in [1.54, 1.807) is 7.11 Å². The molecule has 0 heterocycles. The van der Waals surface area contributed by atoms with E-state index in [9.17, 15) is 0 Å². The van der Waals surface area contributed by atoms with Crippen molar-refractivity contribution in [2.45, 2.75) is 27.3 Å². The van der Waals surface area contributed by atoms with Crippen LogP contribution in [0, 0.1) is 5.92 Å². The van der Waals surface area contributed by atoms with Gasteiger partial charge in [-0.05, 0) is 18.5 Å². The lowest BCUT2D eigenvalue weighted by Crippen LogP contribution is -2.27. The molecule has 0 amide bonds.